The quantitative estimate of drug-likeness (QED) is 0.0387. The van der Waals surface area contributed by atoms with Gasteiger partial charge in [0.1, 0.15) is 23.0 Å². The van der Waals surface area contributed by atoms with E-state index in [-0.39, 0.29) is 46.3 Å². The second kappa shape index (κ2) is 29.8. The molecule has 0 aliphatic rings. The smallest absolute Gasteiger partial charge is 0.224 e. The van der Waals surface area contributed by atoms with Crippen LogP contribution in [0.1, 0.15) is 268 Å². The highest BCUT2D eigenvalue weighted by atomic mass is 16.5. The van der Waals surface area contributed by atoms with Crippen LogP contribution in [0.4, 0.5) is 11.4 Å². The maximum atomic E-state index is 14.0. The van der Waals surface area contributed by atoms with Gasteiger partial charge in [-0.05, 0) is 130 Å². The van der Waals surface area contributed by atoms with Crippen molar-refractivity contribution in [2.24, 2.45) is 0 Å². The van der Waals surface area contributed by atoms with Crippen molar-refractivity contribution in [1.29, 1.82) is 0 Å². The number of aromatic hydroxyl groups is 2. The lowest BCUT2D eigenvalue weighted by atomic mass is 9.78. The minimum Gasteiger partial charge on any atom is -0.507 e. The normalized spacial score (nSPS) is 12.3. The van der Waals surface area contributed by atoms with Crippen LogP contribution in [0.3, 0.4) is 0 Å². The van der Waals surface area contributed by atoms with E-state index in [9.17, 15) is 19.8 Å². The number of carbonyl (C=O) groups is 2. The van der Waals surface area contributed by atoms with Crippen molar-refractivity contribution >= 4 is 23.2 Å². The Morgan fingerprint density at radius 3 is 1.00 bits per heavy atom. The molecule has 2 amide bonds. The number of anilines is 2. The number of ether oxygens (including phenoxy) is 2. The Hall–Kier alpha value is -4.98. The number of phenolic OH excluding ortho intramolecular Hbond substituents is 2. The highest BCUT2D eigenvalue weighted by molar-refractivity contribution is 5.92. The van der Waals surface area contributed by atoms with Crippen LogP contribution in [0.15, 0.2) is 48.5 Å². The van der Waals surface area contributed by atoms with Crippen LogP contribution in [-0.2, 0) is 50.5 Å². The summed E-state index contributed by atoms with van der Waals surface area (Å²) in [5.74, 6) is 2.14. The maximum absolute atomic E-state index is 14.0. The Balaban J connectivity index is 1.68. The predicted molar refractivity (Wildman–Crippen MR) is 326 cm³/mol. The fraction of sp³-hybridized carbons (Fsp3) is 0.623. The molecular weight excluding hydrogens is 953 g/mol. The summed E-state index contributed by atoms with van der Waals surface area (Å²) in [6, 6.07) is 16.4. The molecule has 0 aliphatic heterocycles. The molecular formula is C69H106N2O6. The second-order valence-corrected chi connectivity index (χ2v) is 26.6. The first-order valence-electron chi connectivity index (χ1n) is 30.0. The van der Waals surface area contributed by atoms with Gasteiger partial charge in [-0.1, -0.05) is 211 Å². The van der Waals surface area contributed by atoms with Gasteiger partial charge in [0, 0.05) is 41.8 Å². The molecule has 4 N–H and O–H groups in total. The molecule has 0 saturated heterocycles. The van der Waals surface area contributed by atoms with Crippen LogP contribution in [0.25, 0.3) is 0 Å². The molecule has 0 fully saturated rings. The number of hydrogen-bond donors (Lipinski definition) is 4. The number of unbranched alkanes of at least 4 members (excludes halogenated alkanes) is 14. The third-order valence-corrected chi connectivity index (χ3v) is 15.0. The summed E-state index contributed by atoms with van der Waals surface area (Å²) < 4.78 is 13.5. The molecule has 0 unspecified atom stereocenters. The lowest BCUT2D eigenvalue weighted by Crippen LogP contribution is -2.18. The van der Waals surface area contributed by atoms with Gasteiger partial charge in [0.25, 0.3) is 0 Å². The van der Waals surface area contributed by atoms with E-state index in [2.05, 4.69) is 158 Å². The van der Waals surface area contributed by atoms with Crippen LogP contribution in [0, 0.1) is 13.8 Å². The van der Waals surface area contributed by atoms with Crippen molar-refractivity contribution in [3.63, 3.8) is 0 Å². The molecule has 0 heterocycles. The molecule has 4 aromatic carbocycles. The van der Waals surface area contributed by atoms with E-state index in [4.69, 9.17) is 9.47 Å². The molecule has 0 radical (unpaired) electrons. The summed E-state index contributed by atoms with van der Waals surface area (Å²) in [6.45, 7) is 35.2. The van der Waals surface area contributed by atoms with Crippen LogP contribution < -0.4 is 20.1 Å². The molecule has 4 aromatic rings. The van der Waals surface area contributed by atoms with E-state index in [1.54, 1.807) is 0 Å². The second-order valence-electron chi connectivity index (χ2n) is 26.6. The van der Waals surface area contributed by atoms with Crippen molar-refractivity contribution in [1.82, 2.24) is 0 Å². The van der Waals surface area contributed by atoms with Gasteiger partial charge in [-0.3, -0.25) is 9.59 Å². The molecule has 8 heteroatoms. The van der Waals surface area contributed by atoms with E-state index in [1.165, 1.54) is 77.0 Å². The van der Waals surface area contributed by atoms with Gasteiger partial charge in [0.15, 0.2) is 0 Å². The zero-order chi connectivity index (χ0) is 57.1. The summed E-state index contributed by atoms with van der Waals surface area (Å²) in [6.07, 6.45) is 21.4. The summed E-state index contributed by atoms with van der Waals surface area (Å²) in [5.41, 5.74) is 9.75. The Kier molecular flexibility index (Phi) is 25.0. The summed E-state index contributed by atoms with van der Waals surface area (Å²) in [7, 11) is 0. The van der Waals surface area contributed by atoms with E-state index >= 15 is 0 Å². The fourth-order valence-electron chi connectivity index (χ4n) is 10.5. The molecule has 8 nitrogen and oxygen atoms in total. The molecule has 4 rings (SSSR count). The molecule has 0 aliphatic carbocycles. The van der Waals surface area contributed by atoms with E-state index in [0.29, 0.717) is 55.4 Å². The Bertz CT molecular complexity index is 2270. The topological polar surface area (TPSA) is 117 Å². The van der Waals surface area contributed by atoms with Crippen LogP contribution >= 0.6 is 0 Å². The first-order chi connectivity index (χ1) is 36.1. The van der Waals surface area contributed by atoms with Gasteiger partial charge in [0.05, 0.1) is 13.2 Å². The van der Waals surface area contributed by atoms with Crippen molar-refractivity contribution in [2.45, 2.75) is 267 Å². The minimum atomic E-state index is -0.265. The van der Waals surface area contributed by atoms with Gasteiger partial charge >= 0.3 is 0 Å². The van der Waals surface area contributed by atoms with Gasteiger partial charge in [-0.25, -0.2) is 0 Å². The molecule has 77 heavy (non-hydrogen) atoms. The number of rotatable bonds is 30. The average Bonchev–Trinajstić information content (AvgIpc) is 3.32. The third-order valence-electron chi connectivity index (χ3n) is 15.0. The van der Waals surface area contributed by atoms with Crippen LogP contribution in [-0.4, -0.2) is 35.2 Å². The molecule has 0 saturated carbocycles. The maximum Gasteiger partial charge on any atom is 0.224 e. The molecule has 0 atom stereocenters. The summed E-state index contributed by atoms with van der Waals surface area (Å²) >= 11 is 0. The largest absolute Gasteiger partial charge is 0.507 e. The first kappa shape index (κ1) is 64.5. The zero-order valence-corrected chi connectivity index (χ0v) is 51.4. The number of aryl methyl sites for hydroxylation is 4. The number of hydrogen-bond acceptors (Lipinski definition) is 6. The van der Waals surface area contributed by atoms with Gasteiger partial charge in [-0.15, -0.1) is 0 Å². The molecule has 0 aromatic heterocycles. The number of amides is 2. The lowest BCUT2D eigenvalue weighted by molar-refractivity contribution is -0.117. The number of carbonyl (C=O) groups excluding carboxylic acids is 2. The van der Waals surface area contributed by atoms with Gasteiger partial charge in [-0.2, -0.15) is 0 Å². The van der Waals surface area contributed by atoms with Gasteiger partial charge in [0.2, 0.25) is 11.8 Å². The number of phenols is 2. The van der Waals surface area contributed by atoms with Gasteiger partial charge < -0.3 is 30.3 Å². The number of benzene rings is 4. The standard InChI is InChI=1S/C69H106N2O6/c1-17-19-21-23-25-27-29-31-37-76-64-48(3)39-54(70-60(72)35-33-50-41-56(66(5,6)7)62(74)57(42-50)67(8,9)10)46-52(64)45-53-47-55(40-49(4)65(53)77-38-32-30-28-26-24-22-20-18-2)71-61(73)36-34-51-43-58(68(11,12)13)63(75)59(44-51)69(14,15)16/h39-44,46-47,74-75H,17-38,45H2,1-16H3,(H,70,72)(H,71,73). The monoisotopic (exact) mass is 1060 g/mol. The molecule has 0 bridgehead atoms. The van der Waals surface area contributed by atoms with Crippen LogP contribution in [0.5, 0.6) is 23.0 Å². The van der Waals surface area contributed by atoms with Crippen molar-refractivity contribution < 1.29 is 29.3 Å². The highest BCUT2D eigenvalue weighted by Crippen LogP contribution is 2.42. The predicted octanol–water partition coefficient (Wildman–Crippen LogP) is 18.7. The van der Waals surface area contributed by atoms with Crippen molar-refractivity contribution in [3.8, 4) is 23.0 Å². The Morgan fingerprint density at radius 1 is 0.429 bits per heavy atom. The Morgan fingerprint density at radius 2 is 0.714 bits per heavy atom. The number of nitrogens with one attached hydrogen (secondary N) is 2. The Labute approximate surface area is 468 Å². The third kappa shape index (κ3) is 21.0. The highest BCUT2D eigenvalue weighted by Gasteiger charge is 2.29. The lowest BCUT2D eigenvalue weighted by Gasteiger charge is -2.28. The summed E-state index contributed by atoms with van der Waals surface area (Å²) in [5, 5.41) is 29.2. The van der Waals surface area contributed by atoms with Crippen molar-refractivity contribution in [2.75, 3.05) is 23.8 Å². The fourth-order valence-corrected chi connectivity index (χ4v) is 10.5. The zero-order valence-electron chi connectivity index (χ0n) is 51.4. The van der Waals surface area contributed by atoms with Crippen molar-refractivity contribution in [3.05, 3.63) is 104 Å². The van der Waals surface area contributed by atoms with Crippen LogP contribution in [0.2, 0.25) is 0 Å². The molecule has 428 valence electrons. The average molecular weight is 1060 g/mol. The van der Waals surface area contributed by atoms with E-state index in [1.807, 2.05) is 12.1 Å². The minimum absolute atomic E-state index is 0.0860. The van der Waals surface area contributed by atoms with E-state index < -0.39 is 0 Å². The SMILES string of the molecule is CCCCCCCCCCOc1c(C)cc(NC(=O)CCc2cc(C(C)(C)C)c(O)c(C(C)(C)C)c2)cc1Cc1cc(NC(=O)CCc2cc(C(C)(C)C)c(O)c(C(C)(C)C)c2)cc(C)c1OCCCCCCCCCC. The first-order valence-corrected chi connectivity index (χ1v) is 30.0. The summed E-state index contributed by atoms with van der Waals surface area (Å²) in [4.78, 5) is 27.9. The molecule has 0 spiro atoms. The van der Waals surface area contributed by atoms with E-state index in [0.717, 1.165) is 92.8 Å².